The van der Waals surface area contributed by atoms with Gasteiger partial charge < -0.3 is 5.11 Å². The number of phenolic OH excluding ortho intramolecular Hbond substituents is 1. The third-order valence-electron chi connectivity index (χ3n) is 3.07. The number of fused-ring (bicyclic) bond motifs is 1. The van der Waals surface area contributed by atoms with E-state index < -0.39 is 0 Å². The molecule has 1 aliphatic rings. The van der Waals surface area contributed by atoms with Gasteiger partial charge in [0.2, 0.25) is 0 Å². The lowest BCUT2D eigenvalue weighted by atomic mass is 10.1. The van der Waals surface area contributed by atoms with Gasteiger partial charge in [-0.05, 0) is 36.6 Å². The molecular weight excluding hydrogens is 210 g/mol. The lowest BCUT2D eigenvalue weighted by Crippen LogP contribution is -1.94. The molecule has 0 radical (unpaired) electrons. The van der Waals surface area contributed by atoms with Crippen LogP contribution < -0.4 is 0 Å². The van der Waals surface area contributed by atoms with Gasteiger partial charge in [-0.3, -0.25) is 4.99 Å². The van der Waals surface area contributed by atoms with E-state index in [0.717, 1.165) is 29.8 Å². The number of nitrogens with zero attached hydrogens (tertiary/aromatic N) is 1. The molecule has 1 aliphatic carbocycles. The molecule has 17 heavy (non-hydrogen) atoms. The molecule has 2 aromatic rings. The Balaban J connectivity index is 2.07. The molecule has 0 aliphatic heterocycles. The molecule has 2 aromatic carbocycles. The molecule has 2 heteroatoms. The smallest absolute Gasteiger partial charge is 0.124 e. The first kappa shape index (κ1) is 10.1. The molecule has 1 N–H and O–H groups in total. The molecule has 84 valence electrons. The number of aryl methyl sites for hydroxylation is 1. The fraction of sp³-hybridized carbons (Fsp3) is 0.133. The molecule has 2 nitrogen and oxygen atoms in total. The molecule has 0 bridgehead atoms. The second-order valence-corrected chi connectivity index (χ2v) is 4.21. The number of hydrogen-bond acceptors (Lipinski definition) is 2. The normalized spacial score (nSPS) is 16.1. The van der Waals surface area contributed by atoms with Gasteiger partial charge in [-0.1, -0.05) is 30.3 Å². The lowest BCUT2D eigenvalue weighted by Gasteiger charge is -2.03. The van der Waals surface area contributed by atoms with Crippen molar-refractivity contribution in [3.8, 4) is 5.75 Å². The Kier molecular flexibility index (Phi) is 2.41. The van der Waals surface area contributed by atoms with Crippen molar-refractivity contribution in [3.63, 3.8) is 0 Å². The summed E-state index contributed by atoms with van der Waals surface area (Å²) >= 11 is 0. The van der Waals surface area contributed by atoms with Gasteiger partial charge in [-0.15, -0.1) is 0 Å². The minimum Gasteiger partial charge on any atom is -0.507 e. The topological polar surface area (TPSA) is 32.6 Å². The van der Waals surface area contributed by atoms with Gasteiger partial charge in [0.25, 0.3) is 0 Å². The molecule has 0 heterocycles. The summed E-state index contributed by atoms with van der Waals surface area (Å²) in [7, 11) is 0. The number of aromatic hydroxyl groups is 1. The number of para-hydroxylation sites is 1. The summed E-state index contributed by atoms with van der Waals surface area (Å²) in [5, 5.41) is 9.90. The highest BCUT2D eigenvalue weighted by Gasteiger charge is 2.20. The van der Waals surface area contributed by atoms with Gasteiger partial charge in [-0.25, -0.2) is 0 Å². The van der Waals surface area contributed by atoms with E-state index in [1.807, 2.05) is 36.4 Å². The van der Waals surface area contributed by atoms with Crippen molar-refractivity contribution in [2.45, 2.75) is 12.8 Å². The van der Waals surface area contributed by atoms with E-state index in [-0.39, 0.29) is 0 Å². The van der Waals surface area contributed by atoms with E-state index in [4.69, 9.17) is 0 Å². The van der Waals surface area contributed by atoms with E-state index in [0.29, 0.717) is 5.75 Å². The van der Waals surface area contributed by atoms with Crippen LogP contribution in [0, 0.1) is 0 Å². The minimum atomic E-state index is 0.342. The first-order valence-electron chi connectivity index (χ1n) is 5.78. The Morgan fingerprint density at radius 1 is 0.882 bits per heavy atom. The van der Waals surface area contributed by atoms with Crippen LogP contribution in [0.3, 0.4) is 0 Å². The molecule has 0 saturated heterocycles. The largest absolute Gasteiger partial charge is 0.507 e. The van der Waals surface area contributed by atoms with Crippen molar-refractivity contribution in [2.75, 3.05) is 0 Å². The molecule has 0 fully saturated rings. The summed E-state index contributed by atoms with van der Waals surface area (Å²) in [6.45, 7) is 0. The monoisotopic (exact) mass is 223 g/mol. The average molecular weight is 223 g/mol. The van der Waals surface area contributed by atoms with Crippen molar-refractivity contribution < 1.29 is 5.11 Å². The molecular formula is C15H13NO. The molecule has 0 aromatic heterocycles. The minimum absolute atomic E-state index is 0.342. The van der Waals surface area contributed by atoms with Crippen LogP contribution in [-0.4, -0.2) is 10.8 Å². The first-order chi connectivity index (χ1) is 8.34. The summed E-state index contributed by atoms with van der Waals surface area (Å²) < 4.78 is 0. The van der Waals surface area contributed by atoms with E-state index in [1.165, 1.54) is 5.56 Å². The number of rotatable bonds is 1. The first-order valence-corrected chi connectivity index (χ1v) is 5.78. The van der Waals surface area contributed by atoms with Gasteiger partial charge in [0.05, 0.1) is 11.4 Å². The van der Waals surface area contributed by atoms with Crippen molar-refractivity contribution in [2.24, 2.45) is 4.99 Å². The summed E-state index contributed by atoms with van der Waals surface area (Å²) in [5.74, 6) is 0.342. The second-order valence-electron chi connectivity index (χ2n) is 4.21. The van der Waals surface area contributed by atoms with Crippen LogP contribution in [0.5, 0.6) is 5.75 Å². The average Bonchev–Trinajstić information content (AvgIpc) is 2.75. The van der Waals surface area contributed by atoms with Crippen LogP contribution in [0.1, 0.15) is 17.5 Å². The van der Waals surface area contributed by atoms with Gasteiger partial charge in [0, 0.05) is 5.56 Å². The summed E-state index contributed by atoms with van der Waals surface area (Å²) in [6.07, 6.45) is 1.87. The molecule has 0 spiro atoms. The zero-order valence-electron chi connectivity index (χ0n) is 9.43. The molecule has 0 amide bonds. The Morgan fingerprint density at radius 2 is 1.71 bits per heavy atom. The summed E-state index contributed by atoms with van der Waals surface area (Å²) in [5.41, 5.74) is 4.05. The van der Waals surface area contributed by atoms with Crippen LogP contribution in [0.25, 0.3) is 0 Å². The van der Waals surface area contributed by atoms with E-state index >= 15 is 0 Å². The van der Waals surface area contributed by atoms with Crippen LogP contribution in [0.2, 0.25) is 0 Å². The van der Waals surface area contributed by atoms with Crippen LogP contribution in [0.15, 0.2) is 53.5 Å². The maximum atomic E-state index is 9.90. The van der Waals surface area contributed by atoms with Crippen LogP contribution in [-0.2, 0) is 6.42 Å². The number of aliphatic imine (C=N–C) groups is 1. The third kappa shape index (κ3) is 1.82. The second kappa shape index (κ2) is 4.06. The Bertz CT molecular complexity index is 573. The van der Waals surface area contributed by atoms with Gasteiger partial charge in [-0.2, -0.15) is 0 Å². The molecule has 0 atom stereocenters. The van der Waals surface area contributed by atoms with Crippen molar-refractivity contribution in [1.29, 1.82) is 0 Å². The number of benzene rings is 2. The van der Waals surface area contributed by atoms with Gasteiger partial charge in [0.15, 0.2) is 0 Å². The Labute approximate surface area is 100 Å². The van der Waals surface area contributed by atoms with E-state index in [1.54, 1.807) is 6.07 Å². The predicted molar refractivity (Wildman–Crippen MR) is 69.1 cm³/mol. The number of hydrogen-bond donors (Lipinski definition) is 1. The zero-order valence-corrected chi connectivity index (χ0v) is 9.43. The lowest BCUT2D eigenvalue weighted by molar-refractivity contribution is 0.474. The van der Waals surface area contributed by atoms with Crippen molar-refractivity contribution in [3.05, 3.63) is 59.7 Å². The van der Waals surface area contributed by atoms with Crippen molar-refractivity contribution >= 4 is 11.4 Å². The van der Waals surface area contributed by atoms with E-state index in [2.05, 4.69) is 11.1 Å². The summed E-state index contributed by atoms with van der Waals surface area (Å²) in [4.78, 5) is 4.62. The van der Waals surface area contributed by atoms with Gasteiger partial charge in [0.1, 0.15) is 5.75 Å². The van der Waals surface area contributed by atoms with Crippen LogP contribution in [0.4, 0.5) is 5.69 Å². The quantitative estimate of drug-likeness (QED) is 0.789. The third-order valence-corrected chi connectivity index (χ3v) is 3.07. The Hall–Kier alpha value is -2.09. The fourth-order valence-corrected chi connectivity index (χ4v) is 2.28. The Morgan fingerprint density at radius 3 is 2.53 bits per heavy atom. The molecule has 0 unspecified atom stereocenters. The molecule has 0 saturated carbocycles. The SMILES string of the molecule is Oc1cccc2c1C(=Nc1ccccc1)CC2. The predicted octanol–water partition coefficient (Wildman–Crippen LogP) is 3.46. The molecule has 3 rings (SSSR count). The highest BCUT2D eigenvalue weighted by atomic mass is 16.3. The maximum absolute atomic E-state index is 9.90. The van der Waals surface area contributed by atoms with Gasteiger partial charge >= 0.3 is 0 Å². The van der Waals surface area contributed by atoms with Crippen molar-refractivity contribution in [1.82, 2.24) is 0 Å². The highest BCUT2D eigenvalue weighted by molar-refractivity contribution is 6.07. The van der Waals surface area contributed by atoms with Crippen LogP contribution >= 0.6 is 0 Å². The standard InChI is InChI=1S/C15H13NO/c17-14-8-4-5-11-9-10-13(15(11)14)16-12-6-2-1-3-7-12/h1-8,17H,9-10H2. The fourth-order valence-electron chi connectivity index (χ4n) is 2.28. The van der Waals surface area contributed by atoms with E-state index in [9.17, 15) is 5.11 Å². The zero-order chi connectivity index (χ0) is 11.7. The highest BCUT2D eigenvalue weighted by Crippen LogP contribution is 2.31. The number of phenols is 1. The maximum Gasteiger partial charge on any atom is 0.124 e. The summed E-state index contributed by atoms with van der Waals surface area (Å²) in [6, 6.07) is 15.5.